The third-order valence-corrected chi connectivity index (χ3v) is 2.02. The van der Waals surface area contributed by atoms with Gasteiger partial charge in [0.2, 0.25) is 0 Å². The second-order valence-corrected chi connectivity index (χ2v) is 2.78. The molecule has 0 radical (unpaired) electrons. The highest BCUT2D eigenvalue weighted by Gasteiger charge is 1.95. The molecule has 1 aliphatic carbocycles. The minimum absolute atomic E-state index is 1.19. The van der Waals surface area contributed by atoms with E-state index in [1.807, 2.05) is 41.5 Å². The highest BCUT2D eigenvalue weighted by atomic mass is 14.7. The van der Waals surface area contributed by atoms with E-state index in [0.717, 1.165) is 0 Å². The lowest BCUT2D eigenvalue weighted by molar-refractivity contribution is 1.10. The fourth-order valence-electron chi connectivity index (χ4n) is 1.45. The van der Waals surface area contributed by atoms with E-state index in [2.05, 4.69) is 30.3 Å². The average Bonchev–Trinajstić information content (AvgIpc) is 2.79. The number of nitrogens with one attached hydrogen (secondary N) is 1. The standard InChI is InChI=1S/C9H11N.3C2H6/c1-7-6-10-9-5-3-2-4-8(7)9;3*1-2/h4-6,10H,2-3H2,1H3;3*1-2H3. The summed E-state index contributed by atoms with van der Waals surface area (Å²) in [6, 6.07) is 0. The number of rotatable bonds is 0. The van der Waals surface area contributed by atoms with Crippen molar-refractivity contribution in [1.82, 2.24) is 4.98 Å². The van der Waals surface area contributed by atoms with Gasteiger partial charge in [-0.1, -0.05) is 53.7 Å². The third-order valence-electron chi connectivity index (χ3n) is 2.02. The Morgan fingerprint density at radius 1 is 0.875 bits per heavy atom. The van der Waals surface area contributed by atoms with Gasteiger partial charge in [0.15, 0.2) is 0 Å². The molecule has 1 heterocycles. The van der Waals surface area contributed by atoms with Crippen molar-refractivity contribution in [3.63, 3.8) is 0 Å². The number of aryl methyl sites for hydroxylation is 1. The summed E-state index contributed by atoms with van der Waals surface area (Å²) in [7, 11) is 0. The topological polar surface area (TPSA) is 15.8 Å². The SMILES string of the molecule is CC.CC.CC.Cc1c[nH]c2c1=CCCC=2. The zero-order valence-corrected chi connectivity index (χ0v) is 12.1. The van der Waals surface area contributed by atoms with Crippen LogP contribution in [-0.4, -0.2) is 4.98 Å². The molecule has 1 aliphatic rings. The summed E-state index contributed by atoms with van der Waals surface area (Å²) in [6.07, 6.45) is 9.03. The maximum Gasteiger partial charge on any atom is 0.0413 e. The van der Waals surface area contributed by atoms with Crippen LogP contribution in [0.3, 0.4) is 0 Å². The molecule has 1 aromatic rings. The first-order chi connectivity index (χ1) is 7.88. The van der Waals surface area contributed by atoms with E-state index in [1.165, 1.54) is 29.0 Å². The zero-order chi connectivity index (χ0) is 13.0. The van der Waals surface area contributed by atoms with Crippen molar-refractivity contribution in [2.75, 3.05) is 0 Å². The summed E-state index contributed by atoms with van der Waals surface area (Å²) in [5.41, 5.74) is 1.37. The average molecular weight is 223 g/mol. The number of aromatic nitrogens is 1. The largest absolute Gasteiger partial charge is 0.361 e. The molecule has 1 nitrogen and oxygen atoms in total. The van der Waals surface area contributed by atoms with Gasteiger partial charge in [-0.25, -0.2) is 0 Å². The monoisotopic (exact) mass is 223 g/mol. The van der Waals surface area contributed by atoms with Gasteiger partial charge < -0.3 is 4.98 Å². The van der Waals surface area contributed by atoms with Crippen LogP contribution < -0.4 is 10.6 Å². The summed E-state index contributed by atoms with van der Waals surface area (Å²) in [5.74, 6) is 0. The Kier molecular flexibility index (Phi) is 13.2. The first kappa shape index (κ1) is 17.4. The molecule has 94 valence electrons. The molecule has 0 atom stereocenters. The smallest absolute Gasteiger partial charge is 0.0413 e. The molecule has 0 saturated heterocycles. The van der Waals surface area contributed by atoms with Crippen LogP contribution in [0.5, 0.6) is 0 Å². The van der Waals surface area contributed by atoms with Crippen LogP contribution in [0, 0.1) is 6.92 Å². The molecule has 2 rings (SSSR count). The van der Waals surface area contributed by atoms with E-state index in [-0.39, 0.29) is 0 Å². The van der Waals surface area contributed by atoms with Crippen molar-refractivity contribution < 1.29 is 0 Å². The molecule has 16 heavy (non-hydrogen) atoms. The molecular weight excluding hydrogens is 194 g/mol. The van der Waals surface area contributed by atoms with E-state index in [9.17, 15) is 0 Å². The molecule has 1 aromatic heterocycles. The Hall–Kier alpha value is -0.980. The van der Waals surface area contributed by atoms with Crippen molar-refractivity contribution in [3.8, 4) is 0 Å². The lowest BCUT2D eigenvalue weighted by Gasteiger charge is -1.93. The Balaban J connectivity index is 0. The van der Waals surface area contributed by atoms with Crippen LogP contribution in [0.15, 0.2) is 6.20 Å². The molecule has 0 aromatic carbocycles. The molecule has 0 bridgehead atoms. The number of hydrogen-bond acceptors (Lipinski definition) is 0. The van der Waals surface area contributed by atoms with Gasteiger partial charge >= 0.3 is 0 Å². The number of aromatic amines is 1. The predicted octanol–water partition coefficient (Wildman–Crippen LogP) is 3.76. The fraction of sp³-hybridized carbons (Fsp3) is 0.600. The number of hydrogen-bond donors (Lipinski definition) is 1. The number of H-pyrrole nitrogens is 1. The van der Waals surface area contributed by atoms with Gasteiger partial charge in [-0.2, -0.15) is 0 Å². The third kappa shape index (κ3) is 5.20. The van der Waals surface area contributed by atoms with Gasteiger partial charge in [0.1, 0.15) is 0 Å². The van der Waals surface area contributed by atoms with Crippen molar-refractivity contribution in [1.29, 1.82) is 0 Å². The summed E-state index contributed by atoms with van der Waals surface area (Å²) >= 11 is 0. The molecule has 1 heteroatoms. The molecule has 1 N–H and O–H groups in total. The van der Waals surface area contributed by atoms with Crippen molar-refractivity contribution in [2.24, 2.45) is 0 Å². The zero-order valence-electron chi connectivity index (χ0n) is 12.1. The normalized spacial score (nSPS) is 10.7. The fourth-order valence-corrected chi connectivity index (χ4v) is 1.45. The number of fused-ring (bicyclic) bond motifs is 1. The lowest BCUT2D eigenvalue weighted by atomic mass is 10.1. The van der Waals surface area contributed by atoms with E-state index >= 15 is 0 Å². The highest BCUT2D eigenvalue weighted by molar-refractivity contribution is 5.38. The van der Waals surface area contributed by atoms with Crippen molar-refractivity contribution in [3.05, 3.63) is 22.3 Å². The molecule has 0 spiro atoms. The molecule has 0 aliphatic heterocycles. The predicted molar refractivity (Wildman–Crippen MR) is 77.0 cm³/mol. The minimum atomic E-state index is 1.19. The van der Waals surface area contributed by atoms with Gasteiger partial charge in [0.25, 0.3) is 0 Å². The Labute approximate surface area is 101 Å². The van der Waals surface area contributed by atoms with Gasteiger partial charge in [0.05, 0.1) is 0 Å². The van der Waals surface area contributed by atoms with Gasteiger partial charge in [-0.15, -0.1) is 0 Å². The van der Waals surface area contributed by atoms with Crippen LogP contribution in [0.4, 0.5) is 0 Å². The van der Waals surface area contributed by atoms with Crippen LogP contribution in [-0.2, 0) is 0 Å². The van der Waals surface area contributed by atoms with E-state index in [4.69, 9.17) is 0 Å². The van der Waals surface area contributed by atoms with Gasteiger partial charge in [-0.05, 0) is 30.5 Å². The molecule has 0 unspecified atom stereocenters. The first-order valence-corrected chi connectivity index (χ1v) is 6.72. The Bertz CT molecular complexity index is 344. The summed E-state index contributed by atoms with van der Waals surface area (Å²) in [4.78, 5) is 3.24. The molecule has 0 amide bonds. The molecule has 0 saturated carbocycles. The van der Waals surface area contributed by atoms with Crippen molar-refractivity contribution >= 4 is 12.2 Å². The van der Waals surface area contributed by atoms with Crippen LogP contribution >= 0.6 is 0 Å². The molecule has 0 fully saturated rings. The first-order valence-electron chi connectivity index (χ1n) is 6.72. The van der Waals surface area contributed by atoms with Gasteiger partial charge in [0, 0.05) is 11.5 Å². The Morgan fingerprint density at radius 3 is 1.88 bits per heavy atom. The summed E-state index contributed by atoms with van der Waals surface area (Å²) in [6.45, 7) is 14.1. The van der Waals surface area contributed by atoms with E-state index in [0.29, 0.717) is 0 Å². The Morgan fingerprint density at radius 2 is 1.38 bits per heavy atom. The van der Waals surface area contributed by atoms with Gasteiger partial charge in [-0.3, -0.25) is 0 Å². The lowest BCUT2D eigenvalue weighted by Crippen LogP contribution is -2.25. The second kappa shape index (κ2) is 12.1. The maximum absolute atomic E-state index is 3.24. The van der Waals surface area contributed by atoms with Crippen molar-refractivity contribution in [2.45, 2.75) is 61.3 Å². The van der Waals surface area contributed by atoms with E-state index in [1.54, 1.807) is 0 Å². The minimum Gasteiger partial charge on any atom is -0.361 e. The second-order valence-electron chi connectivity index (χ2n) is 2.78. The van der Waals surface area contributed by atoms with E-state index < -0.39 is 0 Å². The summed E-state index contributed by atoms with van der Waals surface area (Å²) < 4.78 is 0. The quantitative estimate of drug-likeness (QED) is 0.689. The summed E-state index contributed by atoms with van der Waals surface area (Å²) in [5, 5.41) is 2.72. The van der Waals surface area contributed by atoms with Crippen LogP contribution in [0.2, 0.25) is 0 Å². The maximum atomic E-state index is 3.24. The van der Waals surface area contributed by atoms with Crippen LogP contribution in [0.1, 0.15) is 59.9 Å². The highest BCUT2D eigenvalue weighted by Crippen LogP contribution is 1.95. The van der Waals surface area contributed by atoms with Crippen LogP contribution in [0.25, 0.3) is 12.2 Å². The molecular formula is C15H29N.